The Kier molecular flexibility index (Phi) is 7.52. The van der Waals surface area contributed by atoms with Gasteiger partial charge in [-0.05, 0) is 50.4 Å². The lowest BCUT2D eigenvalue weighted by Gasteiger charge is -2.49. The van der Waals surface area contributed by atoms with Crippen LogP contribution in [0.25, 0.3) is 0 Å². The smallest absolute Gasteiger partial charge is 0.228 e. The number of carbonyl (C=O) groups is 1. The summed E-state index contributed by atoms with van der Waals surface area (Å²) in [6.07, 6.45) is 14.9. The Morgan fingerprint density at radius 2 is 1.34 bits per heavy atom. The second-order valence-electron chi connectivity index (χ2n) is 11.4. The lowest BCUT2D eigenvalue weighted by molar-refractivity contribution is -0.134. The van der Waals surface area contributed by atoms with Crippen molar-refractivity contribution in [1.82, 2.24) is 5.32 Å². The summed E-state index contributed by atoms with van der Waals surface area (Å²) in [5.74, 6) is -1.68. The Morgan fingerprint density at radius 3 is 1.86 bits per heavy atom. The van der Waals surface area contributed by atoms with Crippen LogP contribution in [0, 0.1) is 29.4 Å². The number of hydrogen-bond acceptors (Lipinski definition) is 4. The molecule has 1 aromatic carbocycles. The van der Waals surface area contributed by atoms with Crippen molar-refractivity contribution in [3.05, 3.63) is 23.8 Å². The van der Waals surface area contributed by atoms with Gasteiger partial charge >= 0.3 is 0 Å². The van der Waals surface area contributed by atoms with Gasteiger partial charge in [-0.3, -0.25) is 4.79 Å². The molecule has 0 saturated heterocycles. The minimum atomic E-state index is -0.954. The topological polar surface area (TPSA) is 62.4 Å². The van der Waals surface area contributed by atoms with E-state index in [2.05, 4.69) is 16.0 Å². The highest BCUT2D eigenvalue weighted by atomic mass is 19.2. The van der Waals surface area contributed by atoms with Crippen molar-refractivity contribution < 1.29 is 18.3 Å². The fraction of sp³-hybridized carbons (Fsp3) is 0.750. The third-order valence-electron chi connectivity index (χ3n) is 9.12. The lowest BCUT2D eigenvalue weighted by Crippen LogP contribution is -2.66. The number of anilines is 2. The molecule has 2 unspecified atom stereocenters. The molecule has 5 nitrogen and oxygen atoms in total. The summed E-state index contributed by atoms with van der Waals surface area (Å²) in [6.45, 7) is 0. The van der Waals surface area contributed by atoms with E-state index in [1.54, 1.807) is 7.11 Å². The number of hydrogen-bond donors (Lipinski definition) is 3. The number of methoxy groups -OCH3 is 1. The maximum absolute atomic E-state index is 14.3. The van der Waals surface area contributed by atoms with Gasteiger partial charge in [0.25, 0.3) is 0 Å². The zero-order chi connectivity index (χ0) is 24.4. The molecule has 5 rings (SSSR count). The van der Waals surface area contributed by atoms with Crippen molar-refractivity contribution in [3.63, 3.8) is 0 Å². The van der Waals surface area contributed by atoms with Crippen LogP contribution in [0.3, 0.4) is 0 Å². The van der Waals surface area contributed by atoms with Gasteiger partial charge in [-0.25, -0.2) is 8.78 Å². The first-order valence-electron chi connectivity index (χ1n) is 13.9. The van der Waals surface area contributed by atoms with Crippen molar-refractivity contribution in [2.75, 3.05) is 17.7 Å². The average molecular weight is 490 g/mol. The number of benzene rings is 1. The molecule has 1 aliphatic heterocycles. The highest BCUT2D eigenvalue weighted by Crippen LogP contribution is 2.49. The summed E-state index contributed by atoms with van der Waals surface area (Å²) in [5, 5.41) is 10.5. The molecule has 0 radical (unpaired) electrons. The highest BCUT2D eigenvalue weighted by molar-refractivity contribution is 5.86. The largest absolute Gasteiger partial charge is 0.377 e. The van der Waals surface area contributed by atoms with E-state index in [4.69, 9.17) is 4.74 Å². The van der Waals surface area contributed by atoms with Crippen molar-refractivity contribution in [2.45, 2.75) is 108 Å². The minimum Gasteiger partial charge on any atom is -0.377 e. The molecule has 2 atom stereocenters. The van der Waals surface area contributed by atoms with Crippen molar-refractivity contribution in [3.8, 4) is 0 Å². The van der Waals surface area contributed by atoms with E-state index in [0.717, 1.165) is 77.0 Å². The second-order valence-corrected chi connectivity index (χ2v) is 11.4. The molecule has 4 aliphatic rings. The van der Waals surface area contributed by atoms with Crippen molar-refractivity contribution >= 4 is 17.3 Å². The van der Waals surface area contributed by atoms with Gasteiger partial charge in [0.2, 0.25) is 5.91 Å². The molecule has 3 fully saturated rings. The number of nitrogens with one attached hydrogen (secondary N) is 3. The van der Waals surface area contributed by atoms with Crippen molar-refractivity contribution in [2.24, 2.45) is 17.8 Å². The summed E-state index contributed by atoms with van der Waals surface area (Å²) >= 11 is 0. The van der Waals surface area contributed by atoms with Crippen LogP contribution in [-0.2, 0) is 9.53 Å². The molecule has 35 heavy (non-hydrogen) atoms. The van der Waals surface area contributed by atoms with Crippen LogP contribution in [0.1, 0.15) is 89.9 Å². The molecule has 0 aromatic heterocycles. The standard InChI is InChI=1S/C28H41F2N3O2/c1-35-26(19-12-6-3-7-13-19)28(32-23-16-21(29)22(30)17-24(23)33-28)25(18-10-4-2-5-11-18)27(34)31-20-14-8-9-15-20/h16-20,25-26,32-33H,2-15H2,1H3,(H,31,34). The molecule has 0 spiro atoms. The maximum Gasteiger partial charge on any atom is 0.228 e. The summed E-state index contributed by atoms with van der Waals surface area (Å²) in [7, 11) is 1.72. The van der Waals surface area contributed by atoms with E-state index in [0.29, 0.717) is 11.4 Å². The average Bonchev–Trinajstić information content (AvgIpc) is 3.49. The van der Waals surface area contributed by atoms with Gasteiger partial charge in [0, 0.05) is 25.3 Å². The second kappa shape index (κ2) is 10.6. The lowest BCUT2D eigenvalue weighted by atomic mass is 9.68. The van der Waals surface area contributed by atoms with Crippen LogP contribution < -0.4 is 16.0 Å². The zero-order valence-electron chi connectivity index (χ0n) is 21.0. The van der Waals surface area contributed by atoms with Crippen LogP contribution >= 0.6 is 0 Å². The number of amides is 1. The molecule has 1 heterocycles. The molecule has 7 heteroatoms. The van der Waals surface area contributed by atoms with Crippen LogP contribution in [0.4, 0.5) is 20.2 Å². The van der Waals surface area contributed by atoms with Crippen LogP contribution in [0.2, 0.25) is 0 Å². The van der Waals surface area contributed by atoms with E-state index >= 15 is 0 Å². The first-order chi connectivity index (χ1) is 17.0. The fourth-order valence-electron chi connectivity index (χ4n) is 7.51. The number of halogens is 2. The number of fused-ring (bicyclic) bond motifs is 1. The predicted molar refractivity (Wildman–Crippen MR) is 134 cm³/mol. The minimum absolute atomic E-state index is 0.0513. The SMILES string of the molecule is COC(C1CCCCC1)C1(C(C(=O)NC2CCCC2)C2CCCCC2)Nc2cc(F)c(F)cc2N1. The van der Waals surface area contributed by atoms with E-state index < -0.39 is 23.2 Å². The molecule has 1 aromatic rings. The van der Waals surface area contributed by atoms with Gasteiger partial charge in [-0.2, -0.15) is 0 Å². The van der Waals surface area contributed by atoms with Gasteiger partial charge < -0.3 is 20.7 Å². The summed E-state index contributed by atoms with van der Waals surface area (Å²) in [5.41, 5.74) is 0.0665. The van der Waals surface area contributed by atoms with Crippen LogP contribution in [-0.4, -0.2) is 30.8 Å². The number of rotatable bonds is 7. The normalized spacial score (nSPS) is 24.9. The Balaban J connectivity index is 1.57. The summed E-state index contributed by atoms with van der Waals surface area (Å²) in [6, 6.07) is 2.65. The number of carbonyl (C=O) groups excluding carboxylic acids is 1. The first-order valence-corrected chi connectivity index (χ1v) is 13.9. The molecular weight excluding hydrogens is 448 g/mol. The summed E-state index contributed by atoms with van der Waals surface area (Å²) < 4.78 is 34.9. The molecule has 194 valence electrons. The van der Waals surface area contributed by atoms with Gasteiger partial charge in [0.15, 0.2) is 11.6 Å². The van der Waals surface area contributed by atoms with Gasteiger partial charge in [-0.15, -0.1) is 0 Å². The van der Waals surface area contributed by atoms with E-state index in [9.17, 15) is 13.6 Å². The molecule has 3 aliphatic carbocycles. The third-order valence-corrected chi connectivity index (χ3v) is 9.12. The van der Waals surface area contributed by atoms with Gasteiger partial charge in [0.1, 0.15) is 11.8 Å². The van der Waals surface area contributed by atoms with E-state index in [1.165, 1.54) is 25.0 Å². The quantitative estimate of drug-likeness (QED) is 0.418. The fourth-order valence-corrected chi connectivity index (χ4v) is 7.51. The molecular formula is C28H41F2N3O2. The number of ether oxygens (including phenoxy) is 1. The monoisotopic (exact) mass is 489 g/mol. The highest BCUT2D eigenvalue weighted by Gasteiger charge is 2.57. The Hall–Kier alpha value is -1.89. The third kappa shape index (κ3) is 4.90. The molecule has 1 amide bonds. The van der Waals surface area contributed by atoms with E-state index in [-0.39, 0.29) is 29.9 Å². The zero-order valence-corrected chi connectivity index (χ0v) is 21.0. The Bertz CT molecular complexity index is 861. The Labute approximate surface area is 208 Å². The van der Waals surface area contributed by atoms with E-state index in [1.807, 2.05) is 0 Å². The van der Waals surface area contributed by atoms with Gasteiger partial charge in [0.05, 0.1) is 17.3 Å². The molecule has 3 saturated carbocycles. The maximum atomic E-state index is 14.3. The van der Waals surface area contributed by atoms with Crippen molar-refractivity contribution in [1.29, 1.82) is 0 Å². The summed E-state index contributed by atoms with van der Waals surface area (Å²) in [4.78, 5) is 14.2. The predicted octanol–water partition coefficient (Wildman–Crippen LogP) is 6.35. The molecule has 0 bridgehead atoms. The van der Waals surface area contributed by atoms with Crippen LogP contribution in [0.5, 0.6) is 0 Å². The molecule has 3 N–H and O–H groups in total. The first kappa shape index (κ1) is 24.8. The Morgan fingerprint density at radius 1 is 0.857 bits per heavy atom. The van der Waals surface area contributed by atoms with Gasteiger partial charge in [-0.1, -0.05) is 51.4 Å². The van der Waals surface area contributed by atoms with Crippen LogP contribution in [0.15, 0.2) is 12.1 Å².